The third-order valence-corrected chi connectivity index (χ3v) is 2.34. The molecule has 2 heteroatoms. The van der Waals surface area contributed by atoms with Crippen LogP contribution < -0.4 is 11.1 Å². The predicted molar refractivity (Wildman–Crippen MR) is 47.9 cm³/mol. The quantitative estimate of drug-likeness (QED) is 0.647. The SMILES string of the molecule is C=C(N)NCC1CCCCC1. The Morgan fingerprint density at radius 3 is 2.55 bits per heavy atom. The molecule has 0 bridgehead atoms. The molecule has 0 saturated heterocycles. The van der Waals surface area contributed by atoms with E-state index in [2.05, 4.69) is 11.9 Å². The van der Waals surface area contributed by atoms with Gasteiger partial charge in [0.15, 0.2) is 0 Å². The average molecular weight is 154 g/mol. The third kappa shape index (κ3) is 3.30. The fourth-order valence-electron chi connectivity index (χ4n) is 1.67. The summed E-state index contributed by atoms with van der Waals surface area (Å²) in [5.41, 5.74) is 5.40. The number of hydrogen-bond acceptors (Lipinski definition) is 2. The van der Waals surface area contributed by atoms with Crippen molar-refractivity contribution in [3.8, 4) is 0 Å². The first-order chi connectivity index (χ1) is 5.29. The van der Waals surface area contributed by atoms with Gasteiger partial charge in [-0.15, -0.1) is 0 Å². The summed E-state index contributed by atoms with van der Waals surface area (Å²) in [5.74, 6) is 1.44. The van der Waals surface area contributed by atoms with Gasteiger partial charge in [0.1, 0.15) is 0 Å². The maximum Gasteiger partial charge on any atom is 0.0885 e. The van der Waals surface area contributed by atoms with Crippen molar-refractivity contribution < 1.29 is 0 Å². The van der Waals surface area contributed by atoms with Crippen molar-refractivity contribution in [1.82, 2.24) is 5.32 Å². The largest absolute Gasteiger partial charge is 0.386 e. The van der Waals surface area contributed by atoms with Crippen molar-refractivity contribution in [2.45, 2.75) is 32.1 Å². The maximum atomic E-state index is 5.40. The summed E-state index contributed by atoms with van der Waals surface area (Å²) in [5, 5.41) is 3.10. The molecule has 1 aliphatic rings. The first kappa shape index (κ1) is 8.44. The van der Waals surface area contributed by atoms with Gasteiger partial charge < -0.3 is 11.1 Å². The van der Waals surface area contributed by atoms with E-state index in [9.17, 15) is 0 Å². The molecule has 1 fully saturated rings. The van der Waals surface area contributed by atoms with Gasteiger partial charge in [-0.25, -0.2) is 0 Å². The number of nitrogens with one attached hydrogen (secondary N) is 1. The highest BCUT2D eigenvalue weighted by atomic mass is 15.0. The minimum atomic E-state index is 0.607. The van der Waals surface area contributed by atoms with Crippen molar-refractivity contribution >= 4 is 0 Å². The van der Waals surface area contributed by atoms with E-state index in [0.29, 0.717) is 5.82 Å². The number of nitrogens with two attached hydrogens (primary N) is 1. The molecule has 0 radical (unpaired) electrons. The second-order valence-electron chi connectivity index (χ2n) is 3.41. The molecule has 0 heterocycles. The van der Waals surface area contributed by atoms with Crippen molar-refractivity contribution in [3.05, 3.63) is 12.4 Å². The molecule has 1 aliphatic carbocycles. The van der Waals surface area contributed by atoms with Gasteiger partial charge in [-0.3, -0.25) is 0 Å². The van der Waals surface area contributed by atoms with Crippen molar-refractivity contribution in [3.63, 3.8) is 0 Å². The smallest absolute Gasteiger partial charge is 0.0885 e. The van der Waals surface area contributed by atoms with E-state index in [1.54, 1.807) is 0 Å². The Hall–Kier alpha value is -0.660. The van der Waals surface area contributed by atoms with Crippen molar-refractivity contribution in [2.75, 3.05) is 6.54 Å². The van der Waals surface area contributed by atoms with Gasteiger partial charge in [-0.05, 0) is 18.8 Å². The van der Waals surface area contributed by atoms with Crippen LogP contribution in [0.5, 0.6) is 0 Å². The van der Waals surface area contributed by atoms with Crippen LogP contribution in [-0.2, 0) is 0 Å². The molecule has 1 rings (SSSR count). The van der Waals surface area contributed by atoms with Gasteiger partial charge in [0, 0.05) is 6.54 Å². The van der Waals surface area contributed by atoms with Crippen molar-refractivity contribution in [2.24, 2.45) is 11.7 Å². The summed E-state index contributed by atoms with van der Waals surface area (Å²) in [4.78, 5) is 0. The molecule has 64 valence electrons. The minimum Gasteiger partial charge on any atom is -0.386 e. The molecule has 1 saturated carbocycles. The fraction of sp³-hybridized carbons (Fsp3) is 0.778. The molecule has 3 N–H and O–H groups in total. The fourth-order valence-corrected chi connectivity index (χ4v) is 1.67. The average Bonchev–Trinajstić information content (AvgIpc) is 2.03. The molecule has 2 nitrogen and oxygen atoms in total. The van der Waals surface area contributed by atoms with Crippen LogP contribution in [0.15, 0.2) is 12.4 Å². The van der Waals surface area contributed by atoms with Gasteiger partial charge in [0.05, 0.1) is 5.82 Å². The Balaban J connectivity index is 2.09. The molecule has 0 aromatic heterocycles. The lowest BCUT2D eigenvalue weighted by atomic mass is 9.89. The van der Waals surface area contributed by atoms with Gasteiger partial charge in [-0.2, -0.15) is 0 Å². The van der Waals surface area contributed by atoms with Crippen LogP contribution >= 0.6 is 0 Å². The zero-order chi connectivity index (χ0) is 8.10. The second-order valence-corrected chi connectivity index (χ2v) is 3.41. The molecule has 0 amide bonds. The summed E-state index contributed by atoms with van der Waals surface area (Å²) in [6, 6.07) is 0. The molecule has 0 unspecified atom stereocenters. The summed E-state index contributed by atoms with van der Waals surface area (Å²) in [6.07, 6.45) is 6.92. The van der Waals surface area contributed by atoms with Crippen molar-refractivity contribution in [1.29, 1.82) is 0 Å². The Labute approximate surface area is 68.9 Å². The van der Waals surface area contributed by atoms with Gasteiger partial charge in [0.2, 0.25) is 0 Å². The van der Waals surface area contributed by atoms with Crippen LogP contribution in [-0.4, -0.2) is 6.54 Å². The zero-order valence-corrected chi connectivity index (χ0v) is 7.10. The summed E-state index contributed by atoms with van der Waals surface area (Å²) < 4.78 is 0. The molecule has 0 atom stereocenters. The molecular weight excluding hydrogens is 136 g/mol. The van der Waals surface area contributed by atoms with E-state index in [1.165, 1.54) is 32.1 Å². The van der Waals surface area contributed by atoms with Crippen LogP contribution in [0.25, 0.3) is 0 Å². The first-order valence-corrected chi connectivity index (χ1v) is 4.47. The van der Waals surface area contributed by atoms with Crippen LogP contribution in [0.4, 0.5) is 0 Å². The highest BCUT2D eigenvalue weighted by molar-refractivity contribution is 4.83. The van der Waals surface area contributed by atoms with E-state index in [0.717, 1.165) is 12.5 Å². The van der Waals surface area contributed by atoms with Crippen LogP contribution in [0, 0.1) is 5.92 Å². The molecule has 0 spiro atoms. The Morgan fingerprint density at radius 1 is 1.36 bits per heavy atom. The highest BCUT2D eigenvalue weighted by Gasteiger charge is 2.12. The Morgan fingerprint density at radius 2 is 2.00 bits per heavy atom. The summed E-state index contributed by atoms with van der Waals surface area (Å²) >= 11 is 0. The Kier molecular flexibility index (Phi) is 3.27. The highest BCUT2D eigenvalue weighted by Crippen LogP contribution is 2.22. The van der Waals surface area contributed by atoms with Crippen LogP contribution in [0.1, 0.15) is 32.1 Å². The van der Waals surface area contributed by atoms with Crippen LogP contribution in [0.2, 0.25) is 0 Å². The zero-order valence-electron chi connectivity index (χ0n) is 7.10. The lowest BCUT2D eigenvalue weighted by Crippen LogP contribution is -2.26. The topological polar surface area (TPSA) is 38.0 Å². The summed E-state index contributed by atoms with van der Waals surface area (Å²) in [6.45, 7) is 4.63. The minimum absolute atomic E-state index is 0.607. The molecular formula is C9H18N2. The van der Waals surface area contributed by atoms with E-state index in [1.807, 2.05) is 0 Å². The lowest BCUT2D eigenvalue weighted by molar-refractivity contribution is 0.350. The monoisotopic (exact) mass is 154 g/mol. The van der Waals surface area contributed by atoms with E-state index < -0.39 is 0 Å². The molecule has 11 heavy (non-hydrogen) atoms. The maximum absolute atomic E-state index is 5.40. The Bertz CT molecular complexity index is 126. The number of hydrogen-bond donors (Lipinski definition) is 2. The summed E-state index contributed by atoms with van der Waals surface area (Å²) in [7, 11) is 0. The molecule has 0 aromatic rings. The molecule has 0 aromatic carbocycles. The number of rotatable bonds is 3. The van der Waals surface area contributed by atoms with E-state index in [4.69, 9.17) is 5.73 Å². The van der Waals surface area contributed by atoms with Crippen LogP contribution in [0.3, 0.4) is 0 Å². The normalized spacial score (nSPS) is 19.6. The van der Waals surface area contributed by atoms with Gasteiger partial charge in [-0.1, -0.05) is 25.8 Å². The predicted octanol–water partition coefficient (Wildman–Crippen LogP) is 1.59. The molecule has 0 aliphatic heterocycles. The first-order valence-electron chi connectivity index (χ1n) is 4.47. The second kappa shape index (κ2) is 4.27. The standard InChI is InChI=1S/C9H18N2/c1-8(10)11-7-9-5-3-2-4-6-9/h9,11H,1-7,10H2. The van der Waals surface area contributed by atoms with Gasteiger partial charge in [0.25, 0.3) is 0 Å². The third-order valence-electron chi connectivity index (χ3n) is 2.34. The van der Waals surface area contributed by atoms with Gasteiger partial charge >= 0.3 is 0 Å². The van der Waals surface area contributed by atoms with E-state index in [-0.39, 0.29) is 0 Å². The van der Waals surface area contributed by atoms with E-state index >= 15 is 0 Å². The lowest BCUT2D eigenvalue weighted by Gasteiger charge is -2.21.